The third-order valence-electron chi connectivity index (χ3n) is 3.70. The molecular formula is C18H22N2O4S. The topological polar surface area (TPSA) is 86.7 Å². The van der Waals surface area contributed by atoms with Crippen molar-refractivity contribution in [2.45, 2.75) is 18.7 Å². The Balaban J connectivity index is 2.29. The Kier molecular flexibility index (Phi) is 6.17. The molecular weight excluding hydrogens is 340 g/mol. The summed E-state index contributed by atoms with van der Waals surface area (Å²) in [5, 5.41) is 9.03. The van der Waals surface area contributed by atoms with E-state index < -0.39 is 10.0 Å². The van der Waals surface area contributed by atoms with Crippen molar-refractivity contribution >= 4 is 21.6 Å². The predicted octanol–water partition coefficient (Wildman–Crippen LogP) is 2.25. The number of amides is 1. The molecule has 0 spiro atoms. The van der Waals surface area contributed by atoms with Gasteiger partial charge in [-0.25, -0.2) is 8.42 Å². The number of carbonyl (C=O) groups excluding carboxylic acids is 1. The number of aliphatic hydroxyl groups is 1. The van der Waals surface area contributed by atoms with Gasteiger partial charge in [0.25, 0.3) is 15.9 Å². The van der Waals surface area contributed by atoms with Gasteiger partial charge in [-0.1, -0.05) is 18.2 Å². The molecule has 25 heavy (non-hydrogen) atoms. The molecule has 0 aliphatic heterocycles. The number of anilines is 1. The highest BCUT2D eigenvalue weighted by Crippen LogP contribution is 2.18. The molecule has 0 saturated heterocycles. The maximum atomic E-state index is 12.6. The van der Waals surface area contributed by atoms with Gasteiger partial charge in [0, 0.05) is 24.3 Å². The van der Waals surface area contributed by atoms with E-state index >= 15 is 0 Å². The monoisotopic (exact) mass is 362 g/mol. The predicted molar refractivity (Wildman–Crippen MR) is 97.1 cm³/mol. The van der Waals surface area contributed by atoms with Crippen molar-refractivity contribution < 1.29 is 18.3 Å². The van der Waals surface area contributed by atoms with Gasteiger partial charge in [0.05, 0.1) is 11.5 Å². The first-order valence-corrected chi connectivity index (χ1v) is 9.45. The zero-order valence-electron chi connectivity index (χ0n) is 14.3. The minimum absolute atomic E-state index is 0.0138. The van der Waals surface area contributed by atoms with Crippen LogP contribution in [0.3, 0.4) is 0 Å². The Hall–Kier alpha value is -2.38. The summed E-state index contributed by atoms with van der Waals surface area (Å²) in [6.45, 7) is 4.16. The highest BCUT2D eigenvalue weighted by atomic mass is 32.2. The van der Waals surface area contributed by atoms with Gasteiger partial charge >= 0.3 is 0 Å². The van der Waals surface area contributed by atoms with Crippen molar-refractivity contribution in [1.29, 1.82) is 0 Å². The van der Waals surface area contributed by atoms with Gasteiger partial charge in [0.1, 0.15) is 0 Å². The van der Waals surface area contributed by atoms with E-state index in [1.165, 1.54) is 23.1 Å². The van der Waals surface area contributed by atoms with Crippen LogP contribution in [-0.4, -0.2) is 44.0 Å². The zero-order valence-corrected chi connectivity index (χ0v) is 15.1. The summed E-state index contributed by atoms with van der Waals surface area (Å²) in [7, 11) is -3.80. The molecule has 2 rings (SSSR count). The van der Waals surface area contributed by atoms with Crippen LogP contribution in [-0.2, 0) is 10.0 Å². The third kappa shape index (κ3) is 4.80. The van der Waals surface area contributed by atoms with Gasteiger partial charge in [-0.05, 0) is 49.7 Å². The quantitative estimate of drug-likeness (QED) is 0.791. The molecule has 6 nitrogen and oxygen atoms in total. The molecule has 2 aromatic carbocycles. The summed E-state index contributed by atoms with van der Waals surface area (Å²) in [5.74, 6) is -0.316. The summed E-state index contributed by atoms with van der Waals surface area (Å²) in [6, 6.07) is 12.9. The fraction of sp³-hybridized carbons (Fsp3) is 0.278. The van der Waals surface area contributed by atoms with E-state index in [0.29, 0.717) is 12.2 Å². The maximum absolute atomic E-state index is 12.6. The van der Waals surface area contributed by atoms with Crippen molar-refractivity contribution in [3.8, 4) is 0 Å². The number of aliphatic hydroxyl groups excluding tert-OH is 1. The summed E-state index contributed by atoms with van der Waals surface area (Å²) in [4.78, 5) is 13.9. The molecule has 0 radical (unpaired) electrons. The molecule has 0 aliphatic rings. The number of sulfonamides is 1. The summed E-state index contributed by atoms with van der Waals surface area (Å²) < 4.78 is 27.7. The fourth-order valence-corrected chi connectivity index (χ4v) is 3.52. The number of likely N-dealkylation sites (N-methyl/N-ethyl adjacent to an activating group) is 1. The number of nitrogens with one attached hydrogen (secondary N) is 1. The van der Waals surface area contributed by atoms with E-state index in [9.17, 15) is 13.2 Å². The summed E-state index contributed by atoms with van der Waals surface area (Å²) in [6.07, 6.45) is 0. The highest BCUT2D eigenvalue weighted by molar-refractivity contribution is 7.92. The van der Waals surface area contributed by atoms with Crippen LogP contribution in [0.15, 0.2) is 53.4 Å². The molecule has 7 heteroatoms. The number of aryl methyl sites for hydroxylation is 1. The van der Waals surface area contributed by atoms with Gasteiger partial charge in [0.2, 0.25) is 0 Å². The normalized spacial score (nSPS) is 11.2. The van der Waals surface area contributed by atoms with Crippen LogP contribution >= 0.6 is 0 Å². The van der Waals surface area contributed by atoms with Crippen molar-refractivity contribution in [1.82, 2.24) is 4.90 Å². The molecule has 0 aromatic heterocycles. The number of hydrogen-bond acceptors (Lipinski definition) is 4. The maximum Gasteiger partial charge on any atom is 0.261 e. The van der Waals surface area contributed by atoms with Crippen molar-refractivity contribution in [2.75, 3.05) is 24.4 Å². The lowest BCUT2D eigenvalue weighted by Crippen LogP contribution is -2.33. The fourth-order valence-electron chi connectivity index (χ4n) is 2.43. The zero-order chi connectivity index (χ0) is 18.4. The Morgan fingerprint density at radius 2 is 1.88 bits per heavy atom. The number of benzene rings is 2. The van der Waals surface area contributed by atoms with Crippen molar-refractivity contribution in [3.05, 3.63) is 59.7 Å². The lowest BCUT2D eigenvalue weighted by molar-refractivity contribution is 0.0731. The van der Waals surface area contributed by atoms with Crippen LogP contribution in [0.4, 0.5) is 5.69 Å². The first kappa shape index (κ1) is 19.0. The SMILES string of the molecule is CCN(CCO)C(=O)c1cccc(S(=O)(=O)Nc2cccc(C)c2)c1. The molecule has 2 aromatic rings. The van der Waals surface area contributed by atoms with Gasteiger partial charge < -0.3 is 10.0 Å². The largest absolute Gasteiger partial charge is 0.395 e. The molecule has 0 heterocycles. The Labute approximate surface area is 148 Å². The van der Waals surface area contributed by atoms with E-state index in [4.69, 9.17) is 5.11 Å². The number of nitrogens with zero attached hydrogens (tertiary/aromatic N) is 1. The molecule has 0 bridgehead atoms. The second-order valence-electron chi connectivity index (χ2n) is 5.61. The van der Waals surface area contributed by atoms with E-state index in [-0.39, 0.29) is 29.5 Å². The van der Waals surface area contributed by atoms with E-state index in [1.807, 2.05) is 13.0 Å². The van der Waals surface area contributed by atoms with Crippen LogP contribution in [0, 0.1) is 6.92 Å². The number of hydrogen-bond donors (Lipinski definition) is 2. The van der Waals surface area contributed by atoms with Crippen molar-refractivity contribution in [2.24, 2.45) is 0 Å². The molecule has 0 fully saturated rings. The second kappa shape index (κ2) is 8.13. The smallest absolute Gasteiger partial charge is 0.261 e. The van der Waals surface area contributed by atoms with E-state index in [2.05, 4.69) is 4.72 Å². The van der Waals surface area contributed by atoms with E-state index in [0.717, 1.165) is 5.56 Å². The van der Waals surface area contributed by atoms with E-state index in [1.54, 1.807) is 31.2 Å². The van der Waals surface area contributed by atoms with Gasteiger partial charge in [-0.15, -0.1) is 0 Å². The van der Waals surface area contributed by atoms with Crippen LogP contribution in [0.1, 0.15) is 22.8 Å². The third-order valence-corrected chi connectivity index (χ3v) is 5.08. The minimum Gasteiger partial charge on any atom is -0.395 e. The Bertz CT molecular complexity index is 850. The standard InChI is InChI=1S/C18H22N2O4S/c1-3-20(10-11-21)18(22)15-7-5-9-17(13-15)25(23,24)19-16-8-4-6-14(2)12-16/h4-9,12-13,19,21H,3,10-11H2,1-2H3. The minimum atomic E-state index is -3.80. The molecule has 0 unspecified atom stereocenters. The van der Waals surface area contributed by atoms with Gasteiger partial charge in [0.15, 0.2) is 0 Å². The lowest BCUT2D eigenvalue weighted by atomic mass is 10.2. The van der Waals surface area contributed by atoms with Crippen molar-refractivity contribution in [3.63, 3.8) is 0 Å². The van der Waals surface area contributed by atoms with Crippen LogP contribution in [0.5, 0.6) is 0 Å². The summed E-state index contributed by atoms with van der Waals surface area (Å²) in [5.41, 5.74) is 1.67. The van der Waals surface area contributed by atoms with Crippen LogP contribution < -0.4 is 4.72 Å². The second-order valence-corrected chi connectivity index (χ2v) is 7.29. The lowest BCUT2D eigenvalue weighted by Gasteiger charge is -2.20. The van der Waals surface area contributed by atoms with Gasteiger partial charge in [-0.3, -0.25) is 9.52 Å². The molecule has 2 N–H and O–H groups in total. The average molecular weight is 362 g/mol. The first-order valence-electron chi connectivity index (χ1n) is 7.97. The number of rotatable bonds is 7. The number of carbonyl (C=O) groups is 1. The van der Waals surface area contributed by atoms with Crippen LogP contribution in [0.2, 0.25) is 0 Å². The van der Waals surface area contributed by atoms with Crippen LogP contribution in [0.25, 0.3) is 0 Å². The average Bonchev–Trinajstić information content (AvgIpc) is 2.59. The molecule has 134 valence electrons. The Morgan fingerprint density at radius 1 is 1.16 bits per heavy atom. The Morgan fingerprint density at radius 3 is 2.52 bits per heavy atom. The molecule has 1 amide bonds. The molecule has 0 aliphatic carbocycles. The summed E-state index contributed by atoms with van der Waals surface area (Å²) >= 11 is 0. The first-order chi connectivity index (χ1) is 11.9. The molecule has 0 saturated carbocycles. The molecule has 0 atom stereocenters. The highest BCUT2D eigenvalue weighted by Gasteiger charge is 2.19. The van der Waals surface area contributed by atoms with Gasteiger partial charge in [-0.2, -0.15) is 0 Å².